The quantitative estimate of drug-likeness (QED) is 0.867. The van der Waals surface area contributed by atoms with Crippen LogP contribution in [-0.4, -0.2) is 18.2 Å². The molecule has 0 saturated carbocycles. The van der Waals surface area contributed by atoms with E-state index in [1.807, 2.05) is 14.1 Å². The summed E-state index contributed by atoms with van der Waals surface area (Å²) in [6, 6.07) is 6.48. The molecule has 0 amide bonds. The Morgan fingerprint density at radius 2 is 2.12 bits per heavy atom. The molecule has 0 unspecified atom stereocenters. The molecule has 2 aromatic rings. The highest BCUT2D eigenvalue weighted by molar-refractivity contribution is 6.32. The second-order valence-corrected chi connectivity index (χ2v) is 4.56. The number of rotatable bonds is 3. The molecule has 1 aromatic heterocycles. The van der Waals surface area contributed by atoms with E-state index in [1.165, 1.54) is 22.0 Å². The average molecular weight is 237 g/mol. The lowest BCUT2D eigenvalue weighted by Gasteiger charge is -2.00. The fraction of sp³-hybridized carbons (Fsp3) is 0.385. The van der Waals surface area contributed by atoms with E-state index in [4.69, 9.17) is 11.6 Å². The predicted octanol–water partition coefficient (Wildman–Crippen LogP) is 2.90. The van der Waals surface area contributed by atoms with Crippen molar-refractivity contribution in [2.75, 3.05) is 13.6 Å². The van der Waals surface area contributed by atoms with Gasteiger partial charge in [-0.15, -0.1) is 0 Å². The molecule has 0 atom stereocenters. The fourth-order valence-electron chi connectivity index (χ4n) is 2.09. The van der Waals surface area contributed by atoms with Crippen molar-refractivity contribution in [3.05, 3.63) is 34.5 Å². The van der Waals surface area contributed by atoms with Crippen LogP contribution in [0.25, 0.3) is 10.9 Å². The van der Waals surface area contributed by atoms with E-state index in [0.717, 1.165) is 18.1 Å². The second-order valence-electron chi connectivity index (χ2n) is 4.20. The zero-order valence-electron chi connectivity index (χ0n) is 9.97. The van der Waals surface area contributed by atoms with Crippen LogP contribution >= 0.6 is 11.6 Å². The second kappa shape index (κ2) is 4.48. The van der Waals surface area contributed by atoms with Crippen molar-refractivity contribution < 1.29 is 0 Å². The smallest absolute Gasteiger partial charge is 0.113 e. The summed E-state index contributed by atoms with van der Waals surface area (Å²) in [5.41, 5.74) is 3.74. The third-order valence-electron chi connectivity index (χ3n) is 3.01. The highest BCUT2D eigenvalue weighted by Crippen LogP contribution is 2.29. The molecular formula is C13H17ClN2. The Morgan fingerprint density at radius 1 is 1.38 bits per heavy atom. The van der Waals surface area contributed by atoms with Gasteiger partial charge in [0.1, 0.15) is 5.15 Å². The Hall–Kier alpha value is -0.990. The van der Waals surface area contributed by atoms with Crippen molar-refractivity contribution in [2.24, 2.45) is 7.05 Å². The summed E-state index contributed by atoms with van der Waals surface area (Å²) in [4.78, 5) is 0. The van der Waals surface area contributed by atoms with Crippen LogP contribution < -0.4 is 5.32 Å². The van der Waals surface area contributed by atoms with Crippen molar-refractivity contribution >= 4 is 22.5 Å². The minimum absolute atomic E-state index is 0.857. The number of benzene rings is 1. The molecule has 0 aliphatic rings. The molecule has 0 radical (unpaired) electrons. The molecule has 0 spiro atoms. The van der Waals surface area contributed by atoms with Gasteiger partial charge in [-0.1, -0.05) is 23.2 Å². The molecule has 0 saturated heterocycles. The Labute approximate surface area is 101 Å². The molecule has 0 bridgehead atoms. The minimum atomic E-state index is 0.857. The van der Waals surface area contributed by atoms with E-state index in [9.17, 15) is 0 Å². The number of likely N-dealkylation sites (N-methyl/N-ethyl adjacent to an activating group) is 1. The number of nitrogens with zero attached hydrogens (tertiary/aromatic N) is 1. The summed E-state index contributed by atoms with van der Waals surface area (Å²) >= 11 is 6.36. The lowest BCUT2D eigenvalue weighted by molar-refractivity contribution is 0.791. The molecule has 2 nitrogen and oxygen atoms in total. The fourth-order valence-corrected chi connectivity index (χ4v) is 2.38. The van der Waals surface area contributed by atoms with Gasteiger partial charge in [-0.2, -0.15) is 0 Å². The minimum Gasteiger partial charge on any atom is -0.335 e. The molecular weight excluding hydrogens is 220 g/mol. The average Bonchev–Trinajstić information content (AvgIpc) is 2.50. The zero-order valence-corrected chi connectivity index (χ0v) is 10.7. The predicted molar refractivity (Wildman–Crippen MR) is 70.3 cm³/mol. The highest BCUT2D eigenvalue weighted by Gasteiger charge is 2.12. The van der Waals surface area contributed by atoms with Gasteiger partial charge in [-0.3, -0.25) is 0 Å². The van der Waals surface area contributed by atoms with Crippen molar-refractivity contribution in [3.63, 3.8) is 0 Å². The Morgan fingerprint density at radius 3 is 2.81 bits per heavy atom. The zero-order chi connectivity index (χ0) is 11.7. The number of hydrogen-bond acceptors (Lipinski definition) is 1. The van der Waals surface area contributed by atoms with Crippen molar-refractivity contribution in [1.82, 2.24) is 9.88 Å². The van der Waals surface area contributed by atoms with Crippen molar-refractivity contribution in [3.8, 4) is 0 Å². The number of hydrogen-bond donors (Lipinski definition) is 1. The summed E-state index contributed by atoms with van der Waals surface area (Å²) in [5, 5.41) is 5.30. The molecule has 86 valence electrons. The van der Waals surface area contributed by atoms with Gasteiger partial charge in [0.15, 0.2) is 0 Å². The lowest BCUT2D eigenvalue weighted by atomic mass is 10.1. The van der Waals surface area contributed by atoms with Crippen LogP contribution in [0.15, 0.2) is 18.2 Å². The SMILES string of the molecule is CNCCc1c(Cl)n(C)c2ccc(C)cc12. The first-order valence-electron chi connectivity index (χ1n) is 5.53. The third kappa shape index (κ3) is 1.83. The van der Waals surface area contributed by atoms with Gasteiger partial charge < -0.3 is 9.88 Å². The largest absolute Gasteiger partial charge is 0.335 e. The Bertz CT molecular complexity index is 514. The first kappa shape index (κ1) is 11.5. The number of fused-ring (bicyclic) bond motifs is 1. The maximum atomic E-state index is 6.36. The van der Waals surface area contributed by atoms with Gasteiger partial charge in [-0.25, -0.2) is 0 Å². The van der Waals surface area contributed by atoms with Gasteiger partial charge in [-0.05, 0) is 44.6 Å². The Balaban J connectivity index is 2.61. The van der Waals surface area contributed by atoms with Crippen molar-refractivity contribution in [2.45, 2.75) is 13.3 Å². The van der Waals surface area contributed by atoms with E-state index in [0.29, 0.717) is 0 Å². The van der Waals surface area contributed by atoms with E-state index >= 15 is 0 Å². The first-order chi connectivity index (χ1) is 7.65. The van der Waals surface area contributed by atoms with Gasteiger partial charge in [0, 0.05) is 18.0 Å². The summed E-state index contributed by atoms with van der Waals surface area (Å²) in [6.07, 6.45) is 0.968. The topological polar surface area (TPSA) is 17.0 Å². The van der Waals surface area contributed by atoms with Crippen LogP contribution in [-0.2, 0) is 13.5 Å². The standard InChI is InChI=1S/C13H17ClN2/c1-9-4-5-12-11(8-9)10(6-7-15-2)13(14)16(12)3/h4-5,8,15H,6-7H2,1-3H3. The van der Waals surface area contributed by atoms with Gasteiger partial charge >= 0.3 is 0 Å². The first-order valence-corrected chi connectivity index (χ1v) is 5.91. The van der Waals surface area contributed by atoms with Gasteiger partial charge in [0.05, 0.1) is 0 Å². The van der Waals surface area contributed by atoms with Gasteiger partial charge in [0.2, 0.25) is 0 Å². The molecule has 0 aliphatic heterocycles. The van der Waals surface area contributed by atoms with Gasteiger partial charge in [0.25, 0.3) is 0 Å². The lowest BCUT2D eigenvalue weighted by Crippen LogP contribution is -2.10. The maximum absolute atomic E-state index is 6.36. The van der Waals surface area contributed by atoms with Crippen molar-refractivity contribution in [1.29, 1.82) is 0 Å². The molecule has 1 heterocycles. The molecule has 1 N–H and O–H groups in total. The summed E-state index contributed by atoms with van der Waals surface area (Å²) in [6.45, 7) is 3.06. The normalized spacial score (nSPS) is 11.2. The monoisotopic (exact) mass is 236 g/mol. The summed E-state index contributed by atoms with van der Waals surface area (Å²) in [5.74, 6) is 0. The number of halogens is 1. The number of aryl methyl sites for hydroxylation is 2. The van der Waals surface area contributed by atoms with E-state index in [-0.39, 0.29) is 0 Å². The third-order valence-corrected chi connectivity index (χ3v) is 3.49. The van der Waals surface area contributed by atoms with E-state index in [1.54, 1.807) is 0 Å². The highest BCUT2D eigenvalue weighted by atomic mass is 35.5. The van der Waals surface area contributed by atoms with E-state index < -0.39 is 0 Å². The molecule has 0 fully saturated rings. The van der Waals surface area contributed by atoms with Crippen LogP contribution in [0.2, 0.25) is 5.15 Å². The maximum Gasteiger partial charge on any atom is 0.113 e. The van der Waals surface area contributed by atoms with E-state index in [2.05, 4.69) is 35.0 Å². The van der Waals surface area contributed by atoms with Crippen LogP contribution in [0.5, 0.6) is 0 Å². The molecule has 0 aliphatic carbocycles. The Kier molecular flexibility index (Phi) is 3.22. The molecule has 1 aromatic carbocycles. The molecule has 16 heavy (non-hydrogen) atoms. The summed E-state index contributed by atoms with van der Waals surface area (Å²) < 4.78 is 2.06. The molecule has 2 rings (SSSR count). The molecule has 3 heteroatoms. The van der Waals surface area contributed by atoms with Crippen LogP contribution in [0.1, 0.15) is 11.1 Å². The van der Waals surface area contributed by atoms with Crippen LogP contribution in [0.3, 0.4) is 0 Å². The summed E-state index contributed by atoms with van der Waals surface area (Å²) in [7, 11) is 3.98. The van der Waals surface area contributed by atoms with Crippen LogP contribution in [0.4, 0.5) is 0 Å². The number of nitrogens with one attached hydrogen (secondary N) is 1. The van der Waals surface area contributed by atoms with Crippen LogP contribution in [0, 0.1) is 6.92 Å². The number of aromatic nitrogens is 1.